The van der Waals surface area contributed by atoms with E-state index in [2.05, 4.69) is 226 Å². The largest absolute Gasteiger partial charge is 0.310 e. The molecule has 0 spiro atoms. The Hall–Kier alpha value is -6.19. The van der Waals surface area contributed by atoms with E-state index in [4.69, 9.17) is 11.8 Å². The average molecular weight is 812 g/mol. The summed E-state index contributed by atoms with van der Waals surface area (Å²) in [5, 5.41) is 6.18. The van der Waals surface area contributed by atoms with Gasteiger partial charge in [0.1, 0.15) is 0 Å². The van der Waals surface area contributed by atoms with Crippen LogP contribution in [0.5, 0.6) is 0 Å². The van der Waals surface area contributed by atoms with Crippen LogP contribution in [0.25, 0.3) is 27.5 Å². The van der Waals surface area contributed by atoms with E-state index in [1.807, 2.05) is 0 Å². The fraction of sp³-hybridized carbons (Fsp3) is 0.127. The van der Waals surface area contributed by atoms with Crippen LogP contribution in [0.15, 0.2) is 170 Å². The number of benzene rings is 8. The first kappa shape index (κ1) is 36.9. The molecule has 11 rings (SSSR count). The molecule has 0 saturated heterocycles. The molecule has 3 heterocycles. The number of anilines is 6. The summed E-state index contributed by atoms with van der Waals surface area (Å²) < 4.78 is 2.51. The number of aromatic nitrogens is 1. The van der Waals surface area contributed by atoms with Crippen LogP contribution in [0, 0.1) is 27.7 Å². The SMILES string of the molecule is Cc1cc(C)c2c(c1)c1cc(C)cc(C)c1n2-c1ccc2c(c1)N(c1ccccc1)c1cc(N3c4ccccc4C(C)(C)c4ccccc43)ccc1P2(=S)c1ccccc1. The van der Waals surface area contributed by atoms with Gasteiger partial charge in [0.15, 0.2) is 0 Å². The van der Waals surface area contributed by atoms with Crippen LogP contribution >= 0.6 is 6.04 Å². The molecule has 0 bridgehead atoms. The summed E-state index contributed by atoms with van der Waals surface area (Å²) >= 11 is 7.22. The van der Waals surface area contributed by atoms with Crippen molar-refractivity contribution in [2.75, 3.05) is 9.80 Å². The van der Waals surface area contributed by atoms with Crippen LogP contribution in [0.3, 0.4) is 0 Å². The summed E-state index contributed by atoms with van der Waals surface area (Å²) in [6, 6.07) is 60.5. The Morgan fingerprint density at radius 1 is 0.433 bits per heavy atom. The minimum atomic E-state index is -2.58. The fourth-order valence-electron chi connectivity index (χ4n) is 10.5. The molecule has 2 aliphatic heterocycles. The number of para-hydroxylation sites is 3. The smallest absolute Gasteiger partial charge is 0.0573 e. The molecule has 3 nitrogen and oxygen atoms in total. The lowest BCUT2D eigenvalue weighted by molar-refractivity contribution is 0.632. The van der Waals surface area contributed by atoms with E-state index >= 15 is 0 Å². The predicted octanol–water partition coefficient (Wildman–Crippen LogP) is 13.7. The maximum Gasteiger partial charge on any atom is 0.0573 e. The Kier molecular flexibility index (Phi) is 8.24. The van der Waals surface area contributed by atoms with Gasteiger partial charge in [0.2, 0.25) is 0 Å². The third kappa shape index (κ3) is 5.24. The molecular formula is C55H46N3PS. The molecule has 0 fully saturated rings. The highest BCUT2D eigenvalue weighted by molar-refractivity contribution is 8.25. The van der Waals surface area contributed by atoms with Crippen LogP contribution < -0.4 is 25.7 Å². The normalized spacial score (nSPS) is 16.4. The monoisotopic (exact) mass is 811 g/mol. The molecule has 5 heteroatoms. The number of nitrogens with zero attached hydrogens (tertiary/aromatic N) is 3. The highest BCUT2D eigenvalue weighted by Gasteiger charge is 2.40. The number of rotatable bonds is 4. The quantitative estimate of drug-likeness (QED) is 0.164. The van der Waals surface area contributed by atoms with Crippen molar-refractivity contribution < 1.29 is 0 Å². The second-order valence-corrected chi connectivity index (χ2v) is 21.6. The highest BCUT2D eigenvalue weighted by Crippen LogP contribution is 2.57. The van der Waals surface area contributed by atoms with Crippen LogP contribution in [0.1, 0.15) is 47.2 Å². The van der Waals surface area contributed by atoms with Gasteiger partial charge < -0.3 is 14.4 Å². The third-order valence-electron chi connectivity index (χ3n) is 13.0. The molecule has 0 aliphatic carbocycles. The van der Waals surface area contributed by atoms with Gasteiger partial charge in [-0.15, -0.1) is 0 Å². The van der Waals surface area contributed by atoms with Gasteiger partial charge in [-0.1, -0.05) is 134 Å². The van der Waals surface area contributed by atoms with Crippen LogP contribution in [0.4, 0.5) is 34.1 Å². The minimum absolute atomic E-state index is 0.154. The maximum absolute atomic E-state index is 7.22. The van der Waals surface area contributed by atoms with Gasteiger partial charge in [-0.3, -0.25) is 0 Å². The van der Waals surface area contributed by atoms with Gasteiger partial charge in [0.25, 0.3) is 0 Å². The average Bonchev–Trinajstić information content (AvgIpc) is 3.59. The first-order valence-electron chi connectivity index (χ1n) is 20.9. The molecule has 0 saturated carbocycles. The Labute approximate surface area is 358 Å². The van der Waals surface area contributed by atoms with Crippen molar-refractivity contribution in [2.45, 2.75) is 47.0 Å². The molecular weight excluding hydrogens is 766 g/mol. The summed E-state index contributed by atoms with van der Waals surface area (Å²) in [6.45, 7) is 13.6. The van der Waals surface area contributed by atoms with E-state index in [0.29, 0.717) is 0 Å². The van der Waals surface area contributed by atoms with Crippen molar-refractivity contribution >= 4 is 89.7 Å². The van der Waals surface area contributed by atoms with E-state index in [9.17, 15) is 0 Å². The molecule has 2 aliphatic rings. The molecule has 0 amide bonds. The van der Waals surface area contributed by atoms with Crippen molar-refractivity contribution in [3.05, 3.63) is 203 Å². The van der Waals surface area contributed by atoms with Crippen molar-refractivity contribution in [2.24, 2.45) is 0 Å². The van der Waals surface area contributed by atoms with E-state index < -0.39 is 6.04 Å². The van der Waals surface area contributed by atoms with Crippen molar-refractivity contribution in [3.8, 4) is 5.69 Å². The Balaban J connectivity index is 1.22. The standard InChI is InChI=1S/C55H46N3PS/c1-35-29-37(3)53-43(31-35)44-32-36(2)30-38(4)54(44)58(53)41-26-28-52-50(34-41)56(39-17-9-7-10-18-39)49-33-40(25-27-51(49)59(52,60)42-19-11-8-12-20-42)57-47-23-15-13-21-45(47)55(5,6)46-22-14-16-24-48(46)57/h7-34H,1-6H3. The second-order valence-electron chi connectivity index (χ2n) is 17.2. The molecule has 8 aromatic carbocycles. The van der Waals surface area contributed by atoms with Gasteiger partial charge in [-0.25, -0.2) is 0 Å². The molecule has 1 atom stereocenters. The van der Waals surface area contributed by atoms with Crippen LogP contribution in [-0.2, 0) is 17.2 Å². The highest BCUT2D eigenvalue weighted by atomic mass is 32.4. The third-order valence-corrected chi connectivity index (χ3v) is 17.9. The maximum atomic E-state index is 7.22. The van der Waals surface area contributed by atoms with Crippen molar-refractivity contribution in [1.29, 1.82) is 0 Å². The number of fused-ring (bicyclic) bond motifs is 7. The molecule has 0 radical (unpaired) electrons. The predicted molar refractivity (Wildman–Crippen MR) is 261 cm³/mol. The zero-order chi connectivity index (χ0) is 41.1. The summed E-state index contributed by atoms with van der Waals surface area (Å²) in [5.74, 6) is 0. The summed E-state index contributed by atoms with van der Waals surface area (Å²) in [4.78, 5) is 4.95. The van der Waals surface area contributed by atoms with Crippen LogP contribution in [-0.4, -0.2) is 4.57 Å². The molecule has 1 unspecified atom stereocenters. The van der Waals surface area contributed by atoms with Crippen LogP contribution in [0.2, 0.25) is 0 Å². The van der Waals surface area contributed by atoms with Gasteiger partial charge in [-0.05, 0) is 128 Å². The number of aryl methyl sites for hydroxylation is 4. The lowest BCUT2D eigenvalue weighted by Crippen LogP contribution is -2.37. The molecule has 60 heavy (non-hydrogen) atoms. The van der Waals surface area contributed by atoms with E-state index in [-0.39, 0.29) is 5.41 Å². The van der Waals surface area contributed by atoms with Gasteiger partial charge in [0, 0.05) is 49.9 Å². The Morgan fingerprint density at radius 3 is 1.43 bits per heavy atom. The van der Waals surface area contributed by atoms with E-state index in [1.165, 1.54) is 82.5 Å². The molecule has 0 N–H and O–H groups in total. The Morgan fingerprint density at radius 2 is 0.883 bits per heavy atom. The molecule has 1 aromatic heterocycles. The lowest BCUT2D eigenvalue weighted by atomic mass is 9.73. The minimum Gasteiger partial charge on any atom is -0.310 e. The zero-order valence-electron chi connectivity index (χ0n) is 34.9. The first-order chi connectivity index (χ1) is 29.1. The van der Waals surface area contributed by atoms with E-state index in [1.54, 1.807) is 0 Å². The van der Waals surface area contributed by atoms with Crippen molar-refractivity contribution in [1.82, 2.24) is 4.57 Å². The summed E-state index contributed by atoms with van der Waals surface area (Å²) in [6.07, 6.45) is 0. The fourth-order valence-corrected chi connectivity index (χ4v) is 14.7. The van der Waals surface area contributed by atoms with Gasteiger partial charge >= 0.3 is 0 Å². The Bertz CT molecular complexity index is 3160. The van der Waals surface area contributed by atoms with Gasteiger partial charge in [-0.2, -0.15) is 0 Å². The number of hydrogen-bond acceptors (Lipinski definition) is 3. The second kappa shape index (κ2) is 13.4. The van der Waals surface area contributed by atoms with Crippen molar-refractivity contribution in [3.63, 3.8) is 0 Å². The van der Waals surface area contributed by atoms with Gasteiger partial charge in [0.05, 0.1) is 33.8 Å². The van der Waals surface area contributed by atoms with E-state index in [0.717, 1.165) is 28.4 Å². The summed E-state index contributed by atoms with van der Waals surface area (Å²) in [7, 11) is 0. The zero-order valence-corrected chi connectivity index (χ0v) is 36.6. The first-order valence-corrected chi connectivity index (χ1v) is 23.7. The molecule has 9 aromatic rings. The number of hydrogen-bond donors (Lipinski definition) is 0. The lowest BCUT2D eigenvalue weighted by Gasteiger charge is -2.43. The topological polar surface area (TPSA) is 11.4 Å². The molecule has 292 valence electrons. The summed E-state index contributed by atoms with van der Waals surface area (Å²) in [5.41, 5.74) is 18.1.